The van der Waals surface area contributed by atoms with Crippen LogP contribution in [0.15, 0.2) is 42.5 Å². The van der Waals surface area contributed by atoms with Crippen molar-refractivity contribution in [3.05, 3.63) is 58.6 Å². The third-order valence-corrected chi connectivity index (χ3v) is 3.38. The van der Waals surface area contributed by atoms with E-state index in [2.05, 4.69) is 13.0 Å². The lowest BCUT2D eigenvalue weighted by atomic mass is 10.1. The highest BCUT2D eigenvalue weighted by Gasteiger charge is 2.10. The van der Waals surface area contributed by atoms with Gasteiger partial charge in [0.05, 0.1) is 0 Å². The second kappa shape index (κ2) is 6.78. The van der Waals surface area contributed by atoms with E-state index >= 15 is 0 Å². The summed E-state index contributed by atoms with van der Waals surface area (Å²) >= 11 is 6.08. The average Bonchev–Trinajstić information content (AvgIpc) is 2.42. The zero-order valence-electron chi connectivity index (χ0n) is 11.9. The maximum absolute atomic E-state index is 6.08. The summed E-state index contributed by atoms with van der Waals surface area (Å²) in [4.78, 5) is 0. The number of halogens is 1. The Hall–Kier alpha value is -1.51. The fraction of sp³-hybridized carbons (Fsp3) is 0.294. The van der Waals surface area contributed by atoms with Gasteiger partial charge in [-0.25, -0.2) is 0 Å². The highest BCUT2D eigenvalue weighted by molar-refractivity contribution is 6.30. The van der Waals surface area contributed by atoms with Crippen LogP contribution in [0.25, 0.3) is 0 Å². The molecular weight excluding hydrogens is 270 g/mol. The first kappa shape index (κ1) is 14.9. The largest absolute Gasteiger partial charge is 0.457 e. The van der Waals surface area contributed by atoms with Crippen LogP contribution in [-0.4, -0.2) is 6.04 Å². The van der Waals surface area contributed by atoms with Crippen LogP contribution in [-0.2, 0) is 12.8 Å². The molecule has 0 heterocycles. The third kappa shape index (κ3) is 3.75. The Morgan fingerprint density at radius 2 is 1.85 bits per heavy atom. The number of ether oxygens (including phenoxy) is 1. The molecule has 0 saturated heterocycles. The Morgan fingerprint density at radius 3 is 2.55 bits per heavy atom. The number of benzene rings is 2. The van der Waals surface area contributed by atoms with Gasteiger partial charge in [0.15, 0.2) is 0 Å². The third-order valence-electron chi connectivity index (χ3n) is 3.14. The van der Waals surface area contributed by atoms with E-state index in [4.69, 9.17) is 22.1 Å². The van der Waals surface area contributed by atoms with Gasteiger partial charge in [-0.3, -0.25) is 0 Å². The highest BCUT2D eigenvalue weighted by atomic mass is 35.5. The van der Waals surface area contributed by atoms with Gasteiger partial charge in [0.1, 0.15) is 11.5 Å². The standard InChI is InChI=1S/C17H20ClNO/c1-3-13-6-4-5-7-16(13)20-17-11-15(18)9-8-14(17)10-12(2)19/h4-9,11-12H,3,10,19H2,1-2H3. The van der Waals surface area contributed by atoms with Crippen molar-refractivity contribution in [2.24, 2.45) is 5.73 Å². The second-order valence-electron chi connectivity index (χ2n) is 5.00. The van der Waals surface area contributed by atoms with Crippen molar-refractivity contribution in [1.29, 1.82) is 0 Å². The molecule has 0 saturated carbocycles. The SMILES string of the molecule is CCc1ccccc1Oc1cc(Cl)ccc1CC(C)N. The second-order valence-corrected chi connectivity index (χ2v) is 5.43. The number of rotatable bonds is 5. The van der Waals surface area contributed by atoms with Crippen LogP contribution in [0, 0.1) is 0 Å². The van der Waals surface area contributed by atoms with E-state index in [1.54, 1.807) is 0 Å². The molecule has 1 atom stereocenters. The van der Waals surface area contributed by atoms with E-state index in [0.717, 1.165) is 29.9 Å². The Balaban J connectivity index is 2.34. The molecule has 106 valence electrons. The molecule has 0 bridgehead atoms. The number of para-hydroxylation sites is 1. The van der Waals surface area contributed by atoms with Crippen molar-refractivity contribution < 1.29 is 4.74 Å². The molecule has 0 amide bonds. The Labute approximate surface area is 125 Å². The van der Waals surface area contributed by atoms with Crippen LogP contribution >= 0.6 is 11.6 Å². The molecule has 2 N–H and O–H groups in total. The van der Waals surface area contributed by atoms with E-state index in [0.29, 0.717) is 5.02 Å². The molecule has 0 fully saturated rings. The Morgan fingerprint density at radius 1 is 1.10 bits per heavy atom. The normalized spacial score (nSPS) is 12.2. The van der Waals surface area contributed by atoms with Gasteiger partial charge in [-0.1, -0.05) is 42.8 Å². The predicted molar refractivity (Wildman–Crippen MR) is 84.7 cm³/mol. The van der Waals surface area contributed by atoms with Gasteiger partial charge in [0.25, 0.3) is 0 Å². The smallest absolute Gasteiger partial charge is 0.132 e. The summed E-state index contributed by atoms with van der Waals surface area (Å²) in [5.41, 5.74) is 8.15. The predicted octanol–water partition coefficient (Wildman–Crippen LogP) is 4.58. The first-order chi connectivity index (χ1) is 9.60. The zero-order valence-corrected chi connectivity index (χ0v) is 12.7. The van der Waals surface area contributed by atoms with Crippen LogP contribution in [0.5, 0.6) is 11.5 Å². The molecule has 2 aromatic carbocycles. The van der Waals surface area contributed by atoms with Gasteiger partial charge in [-0.15, -0.1) is 0 Å². The summed E-state index contributed by atoms with van der Waals surface area (Å²) in [6.07, 6.45) is 1.69. The molecule has 1 unspecified atom stereocenters. The molecule has 0 radical (unpaired) electrons. The van der Waals surface area contributed by atoms with E-state index in [-0.39, 0.29) is 6.04 Å². The molecule has 0 aliphatic rings. The summed E-state index contributed by atoms with van der Waals surface area (Å²) in [5, 5.41) is 0.669. The lowest BCUT2D eigenvalue weighted by molar-refractivity contribution is 0.468. The Kier molecular flexibility index (Phi) is 5.05. The van der Waals surface area contributed by atoms with Crippen molar-refractivity contribution in [3.63, 3.8) is 0 Å². The number of hydrogen-bond acceptors (Lipinski definition) is 2. The van der Waals surface area contributed by atoms with Gasteiger partial charge in [0.2, 0.25) is 0 Å². The fourth-order valence-electron chi connectivity index (χ4n) is 2.15. The number of aryl methyl sites for hydroxylation is 1. The molecule has 2 rings (SSSR count). The van der Waals surface area contributed by atoms with Crippen LogP contribution in [0.2, 0.25) is 5.02 Å². The Bertz CT molecular complexity index is 581. The van der Waals surface area contributed by atoms with Crippen molar-refractivity contribution in [3.8, 4) is 11.5 Å². The summed E-state index contributed by atoms with van der Waals surface area (Å²) < 4.78 is 6.07. The van der Waals surface area contributed by atoms with E-state index in [9.17, 15) is 0 Å². The molecule has 3 heteroatoms. The van der Waals surface area contributed by atoms with E-state index in [1.165, 1.54) is 5.56 Å². The topological polar surface area (TPSA) is 35.2 Å². The van der Waals surface area contributed by atoms with Crippen molar-refractivity contribution in [1.82, 2.24) is 0 Å². The average molecular weight is 290 g/mol. The van der Waals surface area contributed by atoms with Gasteiger partial charge in [0, 0.05) is 11.1 Å². The van der Waals surface area contributed by atoms with Crippen LogP contribution in [0.1, 0.15) is 25.0 Å². The van der Waals surface area contributed by atoms with Gasteiger partial charge in [-0.05, 0) is 49.1 Å². The van der Waals surface area contributed by atoms with Crippen LogP contribution in [0.3, 0.4) is 0 Å². The lowest BCUT2D eigenvalue weighted by Crippen LogP contribution is -2.18. The maximum atomic E-state index is 6.08. The summed E-state index contributed by atoms with van der Waals surface area (Å²) in [7, 11) is 0. The first-order valence-electron chi connectivity index (χ1n) is 6.90. The minimum Gasteiger partial charge on any atom is -0.457 e. The molecule has 20 heavy (non-hydrogen) atoms. The minimum atomic E-state index is 0.0833. The molecule has 0 aliphatic carbocycles. The van der Waals surface area contributed by atoms with Crippen LogP contribution < -0.4 is 10.5 Å². The van der Waals surface area contributed by atoms with Gasteiger partial charge >= 0.3 is 0 Å². The van der Waals surface area contributed by atoms with Crippen molar-refractivity contribution in [2.45, 2.75) is 32.7 Å². The lowest BCUT2D eigenvalue weighted by Gasteiger charge is -2.15. The van der Waals surface area contributed by atoms with Crippen molar-refractivity contribution >= 4 is 11.6 Å². The molecule has 0 aromatic heterocycles. The van der Waals surface area contributed by atoms with Crippen LogP contribution in [0.4, 0.5) is 0 Å². The summed E-state index contributed by atoms with van der Waals surface area (Å²) in [6.45, 7) is 4.10. The molecule has 2 nitrogen and oxygen atoms in total. The first-order valence-corrected chi connectivity index (χ1v) is 7.27. The van der Waals surface area contributed by atoms with Gasteiger partial charge < -0.3 is 10.5 Å². The molecule has 2 aromatic rings. The monoisotopic (exact) mass is 289 g/mol. The van der Waals surface area contributed by atoms with E-state index < -0.39 is 0 Å². The molecule has 0 aliphatic heterocycles. The maximum Gasteiger partial charge on any atom is 0.132 e. The fourth-order valence-corrected chi connectivity index (χ4v) is 2.31. The van der Waals surface area contributed by atoms with Gasteiger partial charge in [-0.2, -0.15) is 0 Å². The zero-order chi connectivity index (χ0) is 14.5. The minimum absolute atomic E-state index is 0.0833. The molecular formula is C17H20ClNO. The summed E-state index contributed by atoms with van der Waals surface area (Å²) in [6, 6.07) is 13.8. The quantitative estimate of drug-likeness (QED) is 0.874. The summed E-state index contributed by atoms with van der Waals surface area (Å²) in [5.74, 6) is 1.67. The number of nitrogens with two attached hydrogens (primary N) is 1. The van der Waals surface area contributed by atoms with Crippen molar-refractivity contribution in [2.75, 3.05) is 0 Å². The number of hydrogen-bond donors (Lipinski definition) is 1. The van der Waals surface area contributed by atoms with E-state index in [1.807, 2.05) is 43.3 Å². The highest BCUT2D eigenvalue weighted by Crippen LogP contribution is 2.31. The molecule has 0 spiro atoms.